The molecule has 5 heteroatoms. The first kappa shape index (κ1) is 15.1. The van der Waals surface area contributed by atoms with E-state index in [9.17, 15) is 13.2 Å². The van der Waals surface area contributed by atoms with E-state index in [1.807, 2.05) is 24.3 Å². The molecule has 2 aromatic carbocycles. The van der Waals surface area contributed by atoms with Gasteiger partial charge in [-0.05, 0) is 28.8 Å². The first-order valence-electron chi connectivity index (χ1n) is 7.14. The Morgan fingerprint density at radius 2 is 1.77 bits per heavy atom. The lowest BCUT2D eigenvalue weighted by molar-refractivity contribution is -0.137. The normalized spacial score (nSPS) is 19.1. The van der Waals surface area contributed by atoms with E-state index in [1.54, 1.807) is 6.07 Å². The second-order valence-corrected chi connectivity index (χ2v) is 5.26. The molecule has 1 N–H and O–H groups in total. The second-order valence-electron chi connectivity index (χ2n) is 5.26. The smallest absolute Gasteiger partial charge is 0.371 e. The Bertz CT molecular complexity index is 631. The summed E-state index contributed by atoms with van der Waals surface area (Å²) in [6.07, 6.45) is -4.32. The second kappa shape index (κ2) is 6.10. The maximum atomic E-state index is 12.8. The molecule has 1 atom stereocenters. The molecule has 2 aromatic rings. The third kappa shape index (κ3) is 3.31. The molecule has 22 heavy (non-hydrogen) atoms. The minimum atomic E-state index is -4.32. The van der Waals surface area contributed by atoms with Crippen LogP contribution in [0.4, 0.5) is 13.2 Å². The minimum absolute atomic E-state index is 0.00399. The maximum absolute atomic E-state index is 12.8. The fourth-order valence-corrected chi connectivity index (χ4v) is 2.54. The van der Waals surface area contributed by atoms with Crippen molar-refractivity contribution in [3.8, 4) is 11.1 Å². The largest absolute Gasteiger partial charge is 0.416 e. The summed E-state index contributed by atoms with van der Waals surface area (Å²) in [5, 5.41) is 3.25. The van der Waals surface area contributed by atoms with Crippen LogP contribution in [0.15, 0.2) is 48.5 Å². The highest BCUT2D eigenvalue weighted by atomic mass is 19.4. The fourth-order valence-electron chi connectivity index (χ4n) is 2.54. The van der Waals surface area contributed by atoms with Gasteiger partial charge in [0.05, 0.1) is 18.3 Å². The molecule has 116 valence electrons. The van der Waals surface area contributed by atoms with Crippen LogP contribution in [0.5, 0.6) is 0 Å². The van der Waals surface area contributed by atoms with Crippen molar-refractivity contribution < 1.29 is 17.9 Å². The summed E-state index contributed by atoms with van der Waals surface area (Å²) in [6, 6.07) is 12.9. The van der Waals surface area contributed by atoms with Crippen molar-refractivity contribution in [2.24, 2.45) is 0 Å². The van der Waals surface area contributed by atoms with E-state index in [0.717, 1.165) is 30.3 Å². The van der Waals surface area contributed by atoms with Crippen molar-refractivity contribution in [3.63, 3.8) is 0 Å². The minimum Gasteiger partial charge on any atom is -0.371 e. The molecule has 2 nitrogen and oxygen atoms in total. The summed E-state index contributed by atoms with van der Waals surface area (Å²) >= 11 is 0. The predicted octanol–water partition coefficient (Wildman–Crippen LogP) is 4.03. The summed E-state index contributed by atoms with van der Waals surface area (Å²) in [4.78, 5) is 0. The Morgan fingerprint density at radius 3 is 2.41 bits per heavy atom. The van der Waals surface area contributed by atoms with Gasteiger partial charge in [-0.2, -0.15) is 13.2 Å². The maximum Gasteiger partial charge on any atom is 0.416 e. The lowest BCUT2D eigenvalue weighted by Gasteiger charge is -2.24. The van der Waals surface area contributed by atoms with Crippen LogP contribution in [0.1, 0.15) is 17.2 Å². The van der Waals surface area contributed by atoms with Gasteiger partial charge in [-0.15, -0.1) is 0 Å². The van der Waals surface area contributed by atoms with E-state index in [4.69, 9.17) is 4.74 Å². The molecular weight excluding hydrogens is 291 g/mol. The molecule has 0 aromatic heterocycles. The van der Waals surface area contributed by atoms with Crippen LogP contribution in [-0.4, -0.2) is 19.7 Å². The number of halogens is 3. The quantitative estimate of drug-likeness (QED) is 0.904. The molecule has 1 unspecified atom stereocenters. The van der Waals surface area contributed by atoms with Gasteiger partial charge >= 0.3 is 6.18 Å². The first-order chi connectivity index (χ1) is 10.5. The van der Waals surface area contributed by atoms with E-state index >= 15 is 0 Å². The summed E-state index contributed by atoms with van der Waals surface area (Å²) in [6.45, 7) is 2.27. The SMILES string of the molecule is FC(F)(F)c1cccc(-c2ccc(C3CNCCO3)cc2)c1. The average molecular weight is 307 g/mol. The molecule has 0 spiro atoms. The zero-order chi connectivity index (χ0) is 15.6. The molecule has 1 aliphatic rings. The summed E-state index contributed by atoms with van der Waals surface area (Å²) in [5.41, 5.74) is 1.72. The molecule has 1 fully saturated rings. The Balaban J connectivity index is 1.83. The van der Waals surface area contributed by atoms with E-state index in [0.29, 0.717) is 12.2 Å². The van der Waals surface area contributed by atoms with Crippen molar-refractivity contribution in [2.45, 2.75) is 12.3 Å². The lowest BCUT2D eigenvalue weighted by Crippen LogP contribution is -2.33. The number of rotatable bonds is 2. The molecule has 3 rings (SSSR count). The standard InChI is InChI=1S/C17H16F3NO/c18-17(19,20)15-3-1-2-14(10-15)12-4-6-13(7-5-12)16-11-21-8-9-22-16/h1-7,10,16,21H,8-9,11H2. The van der Waals surface area contributed by atoms with Crippen molar-refractivity contribution >= 4 is 0 Å². The summed E-state index contributed by atoms with van der Waals surface area (Å²) < 4.78 is 44.0. The zero-order valence-corrected chi connectivity index (χ0v) is 11.9. The molecule has 0 radical (unpaired) electrons. The van der Waals surface area contributed by atoms with Crippen molar-refractivity contribution in [1.82, 2.24) is 5.32 Å². The third-order valence-corrected chi connectivity index (χ3v) is 3.73. The molecule has 1 aliphatic heterocycles. The van der Waals surface area contributed by atoms with Gasteiger partial charge in [0.25, 0.3) is 0 Å². The van der Waals surface area contributed by atoms with Gasteiger partial charge in [-0.3, -0.25) is 0 Å². The van der Waals surface area contributed by atoms with Gasteiger partial charge in [-0.1, -0.05) is 36.4 Å². The monoisotopic (exact) mass is 307 g/mol. The Hall–Kier alpha value is -1.85. The number of hydrogen-bond donors (Lipinski definition) is 1. The Kier molecular flexibility index (Phi) is 4.18. The highest BCUT2D eigenvalue weighted by Gasteiger charge is 2.30. The number of benzene rings is 2. The van der Waals surface area contributed by atoms with E-state index in [-0.39, 0.29) is 6.10 Å². The number of alkyl halides is 3. The highest BCUT2D eigenvalue weighted by Crippen LogP contribution is 2.32. The van der Waals surface area contributed by atoms with Crippen molar-refractivity contribution in [1.29, 1.82) is 0 Å². The van der Waals surface area contributed by atoms with Crippen molar-refractivity contribution in [3.05, 3.63) is 59.7 Å². The van der Waals surface area contributed by atoms with Gasteiger partial charge in [0.15, 0.2) is 0 Å². The van der Waals surface area contributed by atoms with Crippen LogP contribution in [-0.2, 0) is 10.9 Å². The van der Waals surface area contributed by atoms with Gasteiger partial charge in [0, 0.05) is 13.1 Å². The van der Waals surface area contributed by atoms with Gasteiger partial charge < -0.3 is 10.1 Å². The Labute approximate surface area is 126 Å². The van der Waals surface area contributed by atoms with Crippen LogP contribution < -0.4 is 5.32 Å². The van der Waals surface area contributed by atoms with Crippen LogP contribution in [0.2, 0.25) is 0 Å². The van der Waals surface area contributed by atoms with Crippen molar-refractivity contribution in [2.75, 3.05) is 19.7 Å². The van der Waals surface area contributed by atoms with Crippen LogP contribution in [0.3, 0.4) is 0 Å². The molecule has 0 amide bonds. The lowest BCUT2D eigenvalue weighted by atomic mass is 10.00. The Morgan fingerprint density at radius 1 is 1.00 bits per heavy atom. The molecule has 0 aliphatic carbocycles. The predicted molar refractivity (Wildman–Crippen MR) is 78.4 cm³/mol. The zero-order valence-electron chi connectivity index (χ0n) is 11.9. The van der Waals surface area contributed by atoms with Crippen LogP contribution in [0, 0.1) is 0 Å². The topological polar surface area (TPSA) is 21.3 Å². The van der Waals surface area contributed by atoms with Gasteiger partial charge in [0.1, 0.15) is 0 Å². The summed E-state index contributed by atoms with van der Waals surface area (Å²) in [5.74, 6) is 0. The molecular formula is C17H16F3NO. The van der Waals surface area contributed by atoms with Gasteiger partial charge in [0.2, 0.25) is 0 Å². The number of morpholine rings is 1. The molecule has 1 saturated heterocycles. The fraction of sp³-hybridized carbons (Fsp3) is 0.294. The molecule has 0 saturated carbocycles. The highest BCUT2D eigenvalue weighted by molar-refractivity contribution is 5.64. The number of nitrogens with one attached hydrogen (secondary N) is 1. The van der Waals surface area contributed by atoms with E-state index in [2.05, 4.69) is 5.32 Å². The van der Waals surface area contributed by atoms with E-state index < -0.39 is 11.7 Å². The van der Waals surface area contributed by atoms with Gasteiger partial charge in [-0.25, -0.2) is 0 Å². The number of hydrogen-bond acceptors (Lipinski definition) is 2. The molecule has 0 bridgehead atoms. The van der Waals surface area contributed by atoms with Crippen LogP contribution in [0.25, 0.3) is 11.1 Å². The average Bonchev–Trinajstić information content (AvgIpc) is 2.55. The van der Waals surface area contributed by atoms with Crippen LogP contribution >= 0.6 is 0 Å². The summed E-state index contributed by atoms with van der Waals surface area (Å²) in [7, 11) is 0. The number of ether oxygens (including phenoxy) is 1. The molecule has 1 heterocycles. The third-order valence-electron chi connectivity index (χ3n) is 3.73. The first-order valence-corrected chi connectivity index (χ1v) is 7.14. The van der Waals surface area contributed by atoms with E-state index in [1.165, 1.54) is 12.1 Å².